The third kappa shape index (κ3) is 1.42. The molecule has 10 heavy (non-hydrogen) atoms. The molecule has 57 valence electrons. The highest BCUT2D eigenvalue weighted by Gasteiger charge is 2.23. The van der Waals surface area contributed by atoms with Crippen LogP contribution in [-0.4, -0.2) is 11.7 Å². The molecular weight excluding hydrogens is 128 g/mol. The first-order valence-electron chi connectivity index (χ1n) is 3.33. The van der Waals surface area contributed by atoms with Crippen molar-refractivity contribution in [2.45, 2.75) is 20.8 Å². The molecule has 0 saturated carbocycles. The second kappa shape index (κ2) is 2.16. The SMILES string of the molecule is CC(C)(C)C1=CN([NH])CO1. The van der Waals surface area contributed by atoms with Crippen LogP contribution in [-0.2, 0) is 4.74 Å². The van der Waals surface area contributed by atoms with Gasteiger partial charge in [-0.1, -0.05) is 20.8 Å². The Bertz CT molecular complexity index is 157. The van der Waals surface area contributed by atoms with Gasteiger partial charge < -0.3 is 4.74 Å². The Morgan fingerprint density at radius 1 is 1.60 bits per heavy atom. The molecule has 3 heteroatoms. The molecule has 0 aromatic carbocycles. The van der Waals surface area contributed by atoms with Gasteiger partial charge in [0.2, 0.25) is 0 Å². The molecule has 0 amide bonds. The minimum atomic E-state index is 0.0375. The van der Waals surface area contributed by atoms with E-state index in [1.165, 1.54) is 5.01 Å². The molecule has 1 radical (unpaired) electrons. The van der Waals surface area contributed by atoms with Gasteiger partial charge in [0.05, 0.1) is 6.20 Å². The summed E-state index contributed by atoms with van der Waals surface area (Å²) < 4.78 is 5.23. The van der Waals surface area contributed by atoms with Crippen molar-refractivity contribution in [1.29, 1.82) is 0 Å². The van der Waals surface area contributed by atoms with E-state index >= 15 is 0 Å². The maximum absolute atomic E-state index is 7.17. The summed E-state index contributed by atoms with van der Waals surface area (Å²) in [4.78, 5) is 0. The van der Waals surface area contributed by atoms with Crippen LogP contribution >= 0.6 is 0 Å². The molecule has 0 aromatic rings. The lowest BCUT2D eigenvalue weighted by molar-refractivity contribution is 0.117. The van der Waals surface area contributed by atoms with Crippen LogP contribution in [0.15, 0.2) is 12.0 Å². The molecule has 1 heterocycles. The third-order valence-corrected chi connectivity index (χ3v) is 1.37. The summed E-state index contributed by atoms with van der Waals surface area (Å²) >= 11 is 0. The molecule has 1 rings (SSSR count). The number of hydrogen-bond donors (Lipinski definition) is 0. The van der Waals surface area contributed by atoms with E-state index in [-0.39, 0.29) is 5.41 Å². The fourth-order valence-electron chi connectivity index (χ4n) is 0.765. The van der Waals surface area contributed by atoms with Gasteiger partial charge in [0.25, 0.3) is 0 Å². The van der Waals surface area contributed by atoms with Crippen molar-refractivity contribution in [3.8, 4) is 0 Å². The van der Waals surface area contributed by atoms with Crippen molar-refractivity contribution in [2.75, 3.05) is 6.73 Å². The summed E-state index contributed by atoms with van der Waals surface area (Å²) in [5, 5.41) is 1.29. The van der Waals surface area contributed by atoms with Crippen molar-refractivity contribution in [1.82, 2.24) is 10.9 Å². The smallest absolute Gasteiger partial charge is 0.175 e. The summed E-state index contributed by atoms with van der Waals surface area (Å²) in [6.07, 6.45) is 1.72. The number of nitrogens with zero attached hydrogens (tertiary/aromatic N) is 1. The lowest BCUT2D eigenvalue weighted by atomic mass is 9.95. The van der Waals surface area contributed by atoms with E-state index in [0.717, 1.165) is 5.76 Å². The Kier molecular flexibility index (Phi) is 1.60. The number of ether oxygens (including phenoxy) is 1. The van der Waals surface area contributed by atoms with Crippen LogP contribution in [0.4, 0.5) is 0 Å². The third-order valence-electron chi connectivity index (χ3n) is 1.37. The number of nitrogens with one attached hydrogen (secondary N) is 1. The molecule has 0 aromatic heterocycles. The molecule has 0 bridgehead atoms. The highest BCUT2D eigenvalue weighted by molar-refractivity contribution is 5.04. The Morgan fingerprint density at radius 3 is 2.40 bits per heavy atom. The number of rotatable bonds is 0. The molecule has 1 aliphatic heterocycles. The predicted octanol–water partition coefficient (Wildman–Crippen LogP) is 1.36. The molecule has 0 atom stereocenters. The van der Waals surface area contributed by atoms with E-state index < -0.39 is 0 Å². The van der Waals surface area contributed by atoms with Crippen molar-refractivity contribution >= 4 is 0 Å². The Morgan fingerprint density at radius 2 is 2.20 bits per heavy atom. The molecule has 3 nitrogen and oxygen atoms in total. The van der Waals surface area contributed by atoms with E-state index in [1.807, 2.05) is 0 Å². The summed E-state index contributed by atoms with van der Waals surface area (Å²) in [6.45, 7) is 6.57. The highest BCUT2D eigenvalue weighted by atomic mass is 16.5. The topological polar surface area (TPSA) is 36.3 Å². The zero-order valence-electron chi connectivity index (χ0n) is 6.64. The van der Waals surface area contributed by atoms with Gasteiger partial charge in [0.1, 0.15) is 5.76 Å². The fourth-order valence-corrected chi connectivity index (χ4v) is 0.765. The van der Waals surface area contributed by atoms with Gasteiger partial charge in [-0.2, -0.15) is 0 Å². The molecule has 0 spiro atoms. The first-order chi connectivity index (χ1) is 4.50. The quantitative estimate of drug-likeness (QED) is 0.510. The normalized spacial score (nSPS) is 18.8. The maximum atomic E-state index is 7.17. The summed E-state index contributed by atoms with van der Waals surface area (Å²) in [6, 6.07) is 0. The van der Waals surface area contributed by atoms with Crippen LogP contribution in [0.25, 0.3) is 0 Å². The lowest BCUT2D eigenvalue weighted by Gasteiger charge is -2.17. The molecule has 0 saturated heterocycles. The highest BCUT2D eigenvalue weighted by Crippen LogP contribution is 2.28. The molecule has 0 fully saturated rings. The largest absolute Gasteiger partial charge is 0.474 e. The van der Waals surface area contributed by atoms with Crippen LogP contribution in [0.2, 0.25) is 0 Å². The van der Waals surface area contributed by atoms with Crippen LogP contribution in [0.3, 0.4) is 0 Å². The summed E-state index contributed by atoms with van der Waals surface area (Å²) in [5.74, 6) is 8.07. The predicted molar refractivity (Wildman–Crippen MR) is 38.4 cm³/mol. The van der Waals surface area contributed by atoms with Gasteiger partial charge >= 0.3 is 0 Å². The number of hydrogen-bond acceptors (Lipinski definition) is 2. The lowest BCUT2D eigenvalue weighted by Crippen LogP contribution is -2.10. The summed E-state index contributed by atoms with van der Waals surface area (Å²) in [7, 11) is 0. The van der Waals surface area contributed by atoms with Gasteiger partial charge in [0, 0.05) is 5.41 Å². The summed E-state index contributed by atoms with van der Waals surface area (Å²) in [5.41, 5.74) is 0.0375. The first-order valence-corrected chi connectivity index (χ1v) is 3.33. The molecule has 0 aliphatic carbocycles. The average Bonchev–Trinajstić information content (AvgIpc) is 2.11. The van der Waals surface area contributed by atoms with Crippen LogP contribution in [0.1, 0.15) is 20.8 Å². The van der Waals surface area contributed by atoms with Crippen LogP contribution in [0, 0.1) is 5.41 Å². The monoisotopic (exact) mass is 141 g/mol. The zero-order chi connectivity index (χ0) is 7.78. The molecule has 0 unspecified atom stereocenters. The van der Waals surface area contributed by atoms with E-state index in [0.29, 0.717) is 6.73 Å². The Balaban J connectivity index is 2.67. The van der Waals surface area contributed by atoms with Crippen molar-refractivity contribution < 1.29 is 4.74 Å². The second-order valence-corrected chi connectivity index (χ2v) is 3.49. The molecule has 1 N–H and O–H groups in total. The zero-order valence-corrected chi connectivity index (χ0v) is 6.64. The van der Waals surface area contributed by atoms with Crippen molar-refractivity contribution in [2.24, 2.45) is 5.41 Å². The second-order valence-electron chi connectivity index (χ2n) is 3.49. The Hall–Kier alpha value is -0.700. The van der Waals surface area contributed by atoms with Crippen LogP contribution in [0.5, 0.6) is 0 Å². The van der Waals surface area contributed by atoms with E-state index in [1.54, 1.807) is 6.20 Å². The maximum Gasteiger partial charge on any atom is 0.175 e. The molecule has 1 aliphatic rings. The first kappa shape index (κ1) is 7.41. The van der Waals surface area contributed by atoms with Gasteiger partial charge in [-0.25, -0.2) is 0 Å². The van der Waals surface area contributed by atoms with E-state index in [2.05, 4.69) is 20.8 Å². The minimum Gasteiger partial charge on any atom is -0.474 e. The van der Waals surface area contributed by atoms with Crippen molar-refractivity contribution in [3.05, 3.63) is 12.0 Å². The van der Waals surface area contributed by atoms with Gasteiger partial charge in [-0.3, -0.25) is 5.01 Å². The molecular formula is C7H13N2O. The fraction of sp³-hybridized carbons (Fsp3) is 0.714. The van der Waals surface area contributed by atoms with Crippen LogP contribution < -0.4 is 5.84 Å². The van der Waals surface area contributed by atoms with E-state index in [4.69, 9.17) is 10.6 Å². The van der Waals surface area contributed by atoms with Gasteiger partial charge in [-0.15, -0.1) is 5.84 Å². The minimum absolute atomic E-state index is 0.0375. The van der Waals surface area contributed by atoms with Crippen molar-refractivity contribution in [3.63, 3.8) is 0 Å². The standard InChI is InChI=1S/C7H13N2O/c1-7(2,3)6-4-9(8)5-10-6/h4,8H,5H2,1-3H3. The van der Waals surface area contributed by atoms with Gasteiger partial charge in [0.15, 0.2) is 6.73 Å². The Labute approximate surface area is 61.4 Å². The number of allylic oxidation sites excluding steroid dienone is 1. The average molecular weight is 141 g/mol. The van der Waals surface area contributed by atoms with E-state index in [9.17, 15) is 0 Å². The van der Waals surface area contributed by atoms with Gasteiger partial charge in [-0.05, 0) is 0 Å².